The van der Waals surface area contributed by atoms with Gasteiger partial charge in [-0.25, -0.2) is 0 Å². The van der Waals surface area contributed by atoms with Crippen LogP contribution < -0.4 is 0 Å². The lowest BCUT2D eigenvalue weighted by Crippen LogP contribution is -2.10. The van der Waals surface area contributed by atoms with E-state index < -0.39 is 0 Å². The van der Waals surface area contributed by atoms with Gasteiger partial charge in [0.15, 0.2) is 0 Å². The lowest BCUT2D eigenvalue weighted by atomic mass is 9.87. The molecule has 6 heteroatoms. The maximum atomic E-state index is 2.44. The molecule has 0 fully saturated rings. The van der Waals surface area contributed by atoms with Crippen LogP contribution in [0.1, 0.15) is 31.9 Å². The van der Waals surface area contributed by atoms with Gasteiger partial charge in [0.1, 0.15) is 0 Å². The van der Waals surface area contributed by atoms with Gasteiger partial charge in [-0.15, -0.1) is 0 Å². The Labute approximate surface area is 861 Å². The van der Waals surface area contributed by atoms with Crippen LogP contribution in [0.25, 0.3) is 274 Å². The van der Waals surface area contributed by atoms with E-state index in [1.165, 1.54) is 285 Å². The van der Waals surface area contributed by atoms with Crippen LogP contribution in [0.3, 0.4) is 0 Å². The van der Waals surface area contributed by atoms with Crippen molar-refractivity contribution in [2.24, 2.45) is 0 Å². The molecule has 6 aromatic heterocycles. The Morgan fingerprint density at radius 2 is 0.403 bits per heavy atom. The average Bonchev–Trinajstić information content (AvgIpc) is 1.57. The van der Waals surface area contributed by atoms with Gasteiger partial charge in [0.05, 0.1) is 71.9 Å². The molecule has 6 heterocycles. The fraction of sp³-hybridized carbons (Fsp3) is 0.0350. The maximum Gasteiger partial charge on any atom is 0.0547 e. The second-order valence-electron chi connectivity index (χ2n) is 41.0. The minimum atomic E-state index is 0.115. The van der Waals surface area contributed by atoms with Crippen molar-refractivity contribution in [3.63, 3.8) is 0 Å². The highest BCUT2D eigenvalue weighted by Gasteiger charge is 2.26. The number of hydrogen-bond donors (Lipinski definition) is 0. The van der Waals surface area contributed by atoms with E-state index in [9.17, 15) is 0 Å². The molecular formula is C143H98N6. The molecule has 0 aliphatic heterocycles. The third-order valence-electron chi connectivity index (χ3n) is 31.5. The topological polar surface area (TPSA) is 29.6 Å². The molecule has 6 nitrogen and oxygen atoms in total. The zero-order valence-electron chi connectivity index (χ0n) is 82.8. The first-order valence-electron chi connectivity index (χ1n) is 51.8. The summed E-state index contributed by atoms with van der Waals surface area (Å²) in [5, 5.41) is 30.6. The summed E-state index contributed by atoms with van der Waals surface area (Å²) in [7, 11) is 0. The fourth-order valence-electron chi connectivity index (χ4n) is 24.7. The Hall–Kier alpha value is -19.1. The van der Waals surface area contributed by atoms with Crippen molar-refractivity contribution in [1.29, 1.82) is 0 Å². The summed E-state index contributed by atoms with van der Waals surface area (Å²) >= 11 is 0. The molecule has 0 unspecified atom stereocenters. The molecule has 0 saturated heterocycles. The highest BCUT2D eigenvalue weighted by Crippen LogP contribution is 2.49. The van der Waals surface area contributed by atoms with Crippen LogP contribution in [-0.2, 0) is 5.41 Å². The number of para-hydroxylation sites is 11. The minimum absolute atomic E-state index is 0.115. The molecule has 0 amide bonds. The maximum absolute atomic E-state index is 2.44. The van der Waals surface area contributed by atoms with Crippen molar-refractivity contribution < 1.29 is 0 Å². The second kappa shape index (κ2) is 34.6. The highest BCUT2D eigenvalue weighted by atomic mass is 15.0. The normalized spacial score (nSPS) is 12.0. The van der Waals surface area contributed by atoms with Gasteiger partial charge < -0.3 is 27.4 Å². The van der Waals surface area contributed by atoms with Crippen LogP contribution in [0.4, 0.5) is 0 Å². The summed E-state index contributed by atoms with van der Waals surface area (Å²) in [6, 6.07) is 192. The number of fused-ring (bicyclic) bond motifs is 27. The first kappa shape index (κ1) is 86.5. The number of hydrogen-bond acceptors (Lipinski definition) is 0. The predicted octanol–water partition coefficient (Wildman–Crippen LogP) is 38.8. The van der Waals surface area contributed by atoms with Crippen LogP contribution in [0.5, 0.6) is 0 Å². The highest BCUT2D eigenvalue weighted by molar-refractivity contribution is 6.28. The Balaban J connectivity index is 0.000000105. The van der Waals surface area contributed by atoms with E-state index in [1.54, 1.807) is 0 Å². The number of rotatable bonds is 10. The lowest BCUT2D eigenvalue weighted by molar-refractivity contribution is 0.590. The molecule has 0 bridgehead atoms. The summed E-state index contributed by atoms with van der Waals surface area (Å²) in [5.74, 6) is 0. The van der Waals surface area contributed by atoms with Crippen molar-refractivity contribution in [1.82, 2.24) is 27.4 Å². The summed E-state index contributed by atoms with van der Waals surface area (Å²) in [4.78, 5) is 0. The van der Waals surface area contributed by atoms with Crippen LogP contribution in [-0.4, -0.2) is 27.4 Å². The van der Waals surface area contributed by atoms with E-state index in [0.717, 1.165) is 0 Å². The van der Waals surface area contributed by atoms with Gasteiger partial charge in [0, 0.05) is 98.6 Å². The molecule has 0 atom stereocenters. The summed E-state index contributed by atoms with van der Waals surface area (Å²) in [6.07, 6.45) is 0. The molecule has 31 rings (SSSR count). The third kappa shape index (κ3) is 14.0. The van der Waals surface area contributed by atoms with E-state index in [1.807, 2.05) is 0 Å². The molecule has 0 aliphatic carbocycles. The Kier molecular flexibility index (Phi) is 20.1. The van der Waals surface area contributed by atoms with Gasteiger partial charge >= 0.3 is 0 Å². The Morgan fingerprint density at radius 3 is 0.785 bits per heavy atom. The van der Waals surface area contributed by atoms with E-state index in [-0.39, 0.29) is 5.41 Å². The molecular weight excluding hydrogens is 1800 g/mol. The van der Waals surface area contributed by atoms with E-state index in [0.29, 0.717) is 0 Å². The minimum Gasteiger partial charge on any atom is -0.309 e. The SMILES string of the molecule is CC(C)(C)c1ccc(-n2c3ccccc3c3c4cc5cccc(-c6ccc(-n7c8ccccc8c8ccccc87)cc6)c5cc4ccc32)cc1.Cc1ccc2c(c1)c1c3cc4cccc(-c5ccc(-n6c7ccccc7c7ccccc76)cc5)c4cc3ccc1n2-c1ccccc1.c1ccc(-n2c3ccccc3c3c4cc5cccc(-c6ccccc6-c6ccccc6-n6c7ccccc7c7ccccc76)c5cc4ccc32)cc1. The van der Waals surface area contributed by atoms with Crippen molar-refractivity contribution in [2.45, 2.75) is 33.1 Å². The van der Waals surface area contributed by atoms with Gasteiger partial charge in [-0.2, -0.15) is 0 Å². The molecule has 0 radical (unpaired) electrons. The Bertz CT molecular complexity index is 10700. The van der Waals surface area contributed by atoms with Crippen molar-refractivity contribution in [3.05, 3.63) is 533 Å². The molecule has 0 N–H and O–H groups in total. The van der Waals surface area contributed by atoms with Crippen molar-refractivity contribution in [3.8, 4) is 78.6 Å². The van der Waals surface area contributed by atoms with E-state index in [4.69, 9.17) is 0 Å². The standard InChI is InChI=1S/C50H32N2.C48H36N2.C45H30N2/c1-2-16-35(17-3-1)51-48-28-13-9-23-42(48)50-44-32-33-15-14-24-38(43(33)31-34(44)29-30-49(50)51)36-18-4-5-19-37(36)39-20-6-10-25-45(39)52-46-26-11-7-21-40(46)41-22-8-12-27-47(41)52;1-48(2,3)34-22-26-36(27-23-34)50-45-18-9-6-14-40(45)47-42-30-32-11-10-15-37(41(32)29-33(42)21-28-46(47)50)31-19-24-35(25-20-31)49-43-16-7-4-12-38(43)39-13-5-8-17-44(39)49;1-29-18-24-43-40(26-29)45-39-28-31-10-9-15-35(38(31)27-32(39)21-25-44(45)47(43)33-11-3-2-4-12-33)30-19-22-34(23-20-30)46-41-16-7-5-13-36(41)37-14-6-8-17-42(37)46/h1-32H;4-30H,1-3H3;2-28H,1H3. The zero-order valence-corrected chi connectivity index (χ0v) is 82.8. The van der Waals surface area contributed by atoms with Crippen LogP contribution in [0, 0.1) is 6.92 Å². The van der Waals surface area contributed by atoms with Gasteiger partial charge in [0.25, 0.3) is 0 Å². The monoisotopic (exact) mass is 1900 g/mol. The van der Waals surface area contributed by atoms with Crippen molar-refractivity contribution >= 4 is 195 Å². The fourth-order valence-corrected chi connectivity index (χ4v) is 24.7. The van der Waals surface area contributed by atoms with Gasteiger partial charge in [-0.1, -0.05) is 366 Å². The number of nitrogens with zero attached hydrogens (tertiary/aromatic N) is 6. The molecule has 700 valence electrons. The average molecular weight is 1900 g/mol. The molecule has 0 spiro atoms. The smallest absolute Gasteiger partial charge is 0.0547 e. The van der Waals surface area contributed by atoms with Crippen LogP contribution in [0.2, 0.25) is 0 Å². The Morgan fingerprint density at radius 1 is 0.148 bits per heavy atom. The number of aryl methyl sites for hydroxylation is 1. The van der Waals surface area contributed by atoms with Gasteiger partial charge in [0.2, 0.25) is 0 Å². The second-order valence-corrected chi connectivity index (χ2v) is 41.0. The van der Waals surface area contributed by atoms with Gasteiger partial charge in [-0.3, -0.25) is 0 Å². The summed E-state index contributed by atoms with van der Waals surface area (Å²) in [5.41, 5.74) is 34.4. The van der Waals surface area contributed by atoms with E-state index in [2.05, 4.69) is 577 Å². The molecule has 0 aliphatic rings. The lowest BCUT2D eigenvalue weighted by Gasteiger charge is -2.19. The molecule has 149 heavy (non-hydrogen) atoms. The molecule has 31 aromatic rings. The number of benzene rings is 25. The van der Waals surface area contributed by atoms with Crippen LogP contribution in [0.15, 0.2) is 522 Å². The largest absolute Gasteiger partial charge is 0.309 e. The summed E-state index contributed by atoms with van der Waals surface area (Å²) < 4.78 is 14.4. The molecule has 0 saturated carbocycles. The third-order valence-corrected chi connectivity index (χ3v) is 31.5. The van der Waals surface area contributed by atoms with Crippen LogP contribution >= 0.6 is 0 Å². The van der Waals surface area contributed by atoms with E-state index >= 15 is 0 Å². The predicted molar refractivity (Wildman–Crippen MR) is 636 cm³/mol. The molecule has 25 aromatic carbocycles. The first-order chi connectivity index (χ1) is 73.5. The first-order valence-corrected chi connectivity index (χ1v) is 51.8. The van der Waals surface area contributed by atoms with Gasteiger partial charge in [-0.05, 0) is 303 Å². The zero-order chi connectivity index (χ0) is 98.8. The van der Waals surface area contributed by atoms with Crippen molar-refractivity contribution in [2.75, 3.05) is 0 Å². The summed E-state index contributed by atoms with van der Waals surface area (Å²) in [6.45, 7) is 9.00. The quantitative estimate of drug-likeness (QED) is 0.122. The number of aromatic nitrogens is 6.